The van der Waals surface area contributed by atoms with Gasteiger partial charge in [0.15, 0.2) is 9.84 Å². The zero-order chi connectivity index (χ0) is 14.9. The molecule has 0 spiro atoms. The van der Waals surface area contributed by atoms with Gasteiger partial charge in [-0.05, 0) is 43.5 Å². The molecule has 0 amide bonds. The maximum absolute atomic E-state index is 11.8. The fourth-order valence-corrected chi connectivity index (χ4v) is 4.37. The van der Waals surface area contributed by atoms with Gasteiger partial charge in [0.1, 0.15) is 0 Å². The Morgan fingerprint density at radius 3 is 2.86 bits per heavy atom. The number of aromatic nitrogens is 2. The van der Waals surface area contributed by atoms with Gasteiger partial charge in [0, 0.05) is 30.4 Å². The highest BCUT2D eigenvalue weighted by Gasteiger charge is 2.34. The van der Waals surface area contributed by atoms with E-state index >= 15 is 0 Å². The normalized spacial score (nSPS) is 22.3. The van der Waals surface area contributed by atoms with Crippen molar-refractivity contribution in [3.8, 4) is 5.69 Å². The maximum Gasteiger partial charge on any atom is 0.152 e. The zero-order valence-electron chi connectivity index (χ0n) is 11.9. The summed E-state index contributed by atoms with van der Waals surface area (Å²) in [6.45, 7) is 0. The van der Waals surface area contributed by atoms with Crippen LogP contribution in [0, 0.1) is 0 Å². The first-order chi connectivity index (χ1) is 10.0. The van der Waals surface area contributed by atoms with Crippen molar-refractivity contribution in [2.45, 2.75) is 30.6 Å². The van der Waals surface area contributed by atoms with Crippen LogP contribution in [0.1, 0.15) is 19.3 Å². The van der Waals surface area contributed by atoms with Crippen LogP contribution in [0.2, 0.25) is 0 Å². The van der Waals surface area contributed by atoms with E-state index in [0.717, 1.165) is 30.6 Å². The number of rotatable bonds is 4. The molecule has 0 radical (unpaired) electrons. The van der Waals surface area contributed by atoms with Crippen molar-refractivity contribution in [3.63, 3.8) is 0 Å². The molecule has 1 aromatic carbocycles. The van der Waals surface area contributed by atoms with Gasteiger partial charge in [-0.2, -0.15) is 5.10 Å². The minimum atomic E-state index is -3.01. The molecule has 2 aromatic rings. The molecule has 1 fully saturated rings. The summed E-state index contributed by atoms with van der Waals surface area (Å²) in [6.07, 6.45) is 7.54. The number of hydrogen-bond acceptors (Lipinski definition) is 4. The summed E-state index contributed by atoms with van der Waals surface area (Å²) in [6, 6.07) is 9.74. The van der Waals surface area contributed by atoms with Crippen LogP contribution in [0.4, 0.5) is 5.69 Å². The van der Waals surface area contributed by atoms with Gasteiger partial charge in [-0.25, -0.2) is 13.1 Å². The van der Waals surface area contributed by atoms with Crippen LogP contribution in [-0.2, 0) is 9.84 Å². The summed E-state index contributed by atoms with van der Waals surface area (Å²) < 4.78 is 25.5. The van der Waals surface area contributed by atoms with Crippen LogP contribution < -0.4 is 5.32 Å². The van der Waals surface area contributed by atoms with Crippen LogP contribution in [-0.4, -0.2) is 35.7 Å². The SMILES string of the molecule is CS(=O)(=O)C1CCCC1Nc1cccc(-n2cccn2)c1. The van der Waals surface area contributed by atoms with Crippen LogP contribution in [0.25, 0.3) is 5.69 Å². The smallest absolute Gasteiger partial charge is 0.152 e. The Balaban J connectivity index is 1.81. The van der Waals surface area contributed by atoms with Crippen molar-refractivity contribution in [1.29, 1.82) is 0 Å². The second kappa shape index (κ2) is 5.52. The van der Waals surface area contributed by atoms with E-state index in [1.54, 1.807) is 10.9 Å². The van der Waals surface area contributed by atoms with Crippen molar-refractivity contribution in [1.82, 2.24) is 9.78 Å². The molecule has 5 nitrogen and oxygen atoms in total. The van der Waals surface area contributed by atoms with Crippen molar-refractivity contribution in [3.05, 3.63) is 42.7 Å². The second-order valence-electron chi connectivity index (χ2n) is 5.55. The van der Waals surface area contributed by atoms with E-state index < -0.39 is 9.84 Å². The van der Waals surface area contributed by atoms with E-state index in [2.05, 4.69) is 10.4 Å². The molecule has 1 saturated carbocycles. The molecular formula is C15H19N3O2S. The van der Waals surface area contributed by atoms with Gasteiger partial charge in [0.25, 0.3) is 0 Å². The van der Waals surface area contributed by atoms with Gasteiger partial charge in [-0.15, -0.1) is 0 Å². The van der Waals surface area contributed by atoms with Gasteiger partial charge in [-0.3, -0.25) is 0 Å². The number of anilines is 1. The van der Waals surface area contributed by atoms with Crippen molar-refractivity contribution in [2.24, 2.45) is 0 Å². The molecule has 0 bridgehead atoms. The number of sulfone groups is 1. The lowest BCUT2D eigenvalue weighted by Crippen LogP contribution is -2.34. The molecule has 21 heavy (non-hydrogen) atoms. The first-order valence-electron chi connectivity index (χ1n) is 7.09. The average molecular weight is 305 g/mol. The van der Waals surface area contributed by atoms with Gasteiger partial charge in [-0.1, -0.05) is 6.07 Å². The number of benzene rings is 1. The molecule has 112 valence electrons. The average Bonchev–Trinajstić information content (AvgIpc) is 3.09. The van der Waals surface area contributed by atoms with E-state index in [0.29, 0.717) is 0 Å². The maximum atomic E-state index is 11.8. The van der Waals surface area contributed by atoms with Gasteiger partial charge >= 0.3 is 0 Å². The third-order valence-corrected chi connectivity index (χ3v) is 5.63. The van der Waals surface area contributed by atoms with E-state index in [4.69, 9.17) is 0 Å². The Morgan fingerprint density at radius 1 is 1.29 bits per heavy atom. The van der Waals surface area contributed by atoms with Gasteiger partial charge < -0.3 is 5.32 Å². The first kappa shape index (κ1) is 14.1. The van der Waals surface area contributed by atoms with E-state index in [9.17, 15) is 8.42 Å². The summed E-state index contributed by atoms with van der Waals surface area (Å²) in [5.41, 5.74) is 1.89. The molecule has 6 heteroatoms. The van der Waals surface area contributed by atoms with Crippen molar-refractivity contribution < 1.29 is 8.42 Å². The van der Waals surface area contributed by atoms with Crippen molar-refractivity contribution >= 4 is 15.5 Å². The lowest BCUT2D eigenvalue weighted by Gasteiger charge is -2.21. The van der Waals surface area contributed by atoms with Gasteiger partial charge in [0.05, 0.1) is 10.9 Å². The van der Waals surface area contributed by atoms with Gasteiger partial charge in [0.2, 0.25) is 0 Å². The zero-order valence-corrected chi connectivity index (χ0v) is 12.8. The Hall–Kier alpha value is -1.82. The summed E-state index contributed by atoms with van der Waals surface area (Å²) in [5.74, 6) is 0. The largest absolute Gasteiger partial charge is 0.381 e. The summed E-state index contributed by atoms with van der Waals surface area (Å²) in [4.78, 5) is 0. The predicted molar refractivity (Wildman–Crippen MR) is 83.5 cm³/mol. The van der Waals surface area contributed by atoms with E-state index in [-0.39, 0.29) is 11.3 Å². The third kappa shape index (κ3) is 3.10. The highest BCUT2D eigenvalue weighted by Crippen LogP contribution is 2.28. The molecule has 1 aliphatic rings. The highest BCUT2D eigenvalue weighted by molar-refractivity contribution is 7.91. The molecular weight excluding hydrogens is 286 g/mol. The third-order valence-electron chi connectivity index (χ3n) is 3.97. The van der Waals surface area contributed by atoms with Crippen LogP contribution in [0.3, 0.4) is 0 Å². The molecule has 2 atom stereocenters. The van der Waals surface area contributed by atoms with Crippen LogP contribution in [0.15, 0.2) is 42.7 Å². The Bertz CT molecular complexity index is 710. The van der Waals surface area contributed by atoms with E-state index in [1.807, 2.05) is 36.5 Å². The minimum absolute atomic E-state index is 0.00660. The van der Waals surface area contributed by atoms with Crippen LogP contribution in [0.5, 0.6) is 0 Å². The van der Waals surface area contributed by atoms with Crippen LogP contribution >= 0.6 is 0 Å². The lowest BCUT2D eigenvalue weighted by atomic mass is 10.2. The summed E-state index contributed by atoms with van der Waals surface area (Å²) in [7, 11) is -3.01. The molecule has 1 aliphatic carbocycles. The topological polar surface area (TPSA) is 64.0 Å². The number of nitrogens with one attached hydrogen (secondary N) is 1. The predicted octanol–water partition coefficient (Wildman–Crippen LogP) is 2.25. The molecule has 1 aromatic heterocycles. The Kier molecular flexibility index (Phi) is 3.71. The minimum Gasteiger partial charge on any atom is -0.381 e. The lowest BCUT2D eigenvalue weighted by molar-refractivity contribution is 0.579. The molecule has 0 saturated heterocycles. The standard InChI is InChI=1S/C15H19N3O2S/c1-21(19,20)15-8-3-7-14(15)17-12-5-2-6-13(11-12)18-10-4-9-16-18/h2,4-6,9-11,14-15,17H,3,7-8H2,1H3. The first-order valence-corrected chi connectivity index (χ1v) is 9.05. The molecule has 1 N–H and O–H groups in total. The van der Waals surface area contributed by atoms with E-state index in [1.165, 1.54) is 6.26 Å². The van der Waals surface area contributed by atoms with Crippen molar-refractivity contribution in [2.75, 3.05) is 11.6 Å². The fourth-order valence-electron chi connectivity index (χ4n) is 2.98. The molecule has 0 aliphatic heterocycles. The highest BCUT2D eigenvalue weighted by atomic mass is 32.2. The number of hydrogen-bond donors (Lipinski definition) is 1. The Labute approximate surface area is 124 Å². The monoisotopic (exact) mass is 305 g/mol. The fraction of sp³-hybridized carbons (Fsp3) is 0.400. The quantitative estimate of drug-likeness (QED) is 0.941. The second-order valence-corrected chi connectivity index (χ2v) is 7.82. The summed E-state index contributed by atoms with van der Waals surface area (Å²) >= 11 is 0. The molecule has 2 unspecified atom stereocenters. The molecule has 1 heterocycles. The Morgan fingerprint density at radius 2 is 2.14 bits per heavy atom. The summed E-state index contributed by atoms with van der Waals surface area (Å²) in [5, 5.41) is 7.30. The molecule has 3 rings (SSSR count). The number of nitrogens with zero attached hydrogens (tertiary/aromatic N) is 2.